The minimum absolute atomic E-state index is 0.768. The maximum absolute atomic E-state index is 9.75. The van der Waals surface area contributed by atoms with Crippen LogP contribution in [0.3, 0.4) is 0 Å². The molecule has 0 bridgehead atoms. The number of nitrogens with zero attached hydrogens (tertiary/aromatic N) is 3. The predicted molar refractivity (Wildman–Crippen MR) is 86.0 cm³/mol. The standard InChI is InChI=1S/C16H16N3O.BF4/c1-20-16-9-7-15(8-10-16)18-12-17-19(13-18)11-14-5-3-2-4-6-14;2-1(3,4)5/h2-10,12-13H,11H2,1H3;/q+1;-1. The molecule has 1 aromatic heterocycles. The van der Waals surface area contributed by atoms with Crippen molar-refractivity contribution in [2.45, 2.75) is 6.54 Å². The van der Waals surface area contributed by atoms with E-state index >= 15 is 0 Å². The Labute approximate surface area is 142 Å². The fourth-order valence-electron chi connectivity index (χ4n) is 2.07. The summed E-state index contributed by atoms with van der Waals surface area (Å²) < 4.78 is 48.1. The third-order valence-corrected chi connectivity index (χ3v) is 3.14. The van der Waals surface area contributed by atoms with Crippen molar-refractivity contribution >= 4 is 7.25 Å². The molecule has 0 aliphatic rings. The molecule has 25 heavy (non-hydrogen) atoms. The number of halogens is 4. The van der Waals surface area contributed by atoms with Crippen molar-refractivity contribution in [1.29, 1.82) is 0 Å². The molecule has 0 radical (unpaired) electrons. The molecule has 0 amide bonds. The normalized spacial score (nSPS) is 10.8. The number of hydrogen-bond acceptors (Lipinski definition) is 2. The van der Waals surface area contributed by atoms with Gasteiger partial charge in [0, 0.05) is 5.10 Å². The molecule has 132 valence electrons. The number of methoxy groups -OCH3 is 1. The molecular weight excluding hydrogens is 337 g/mol. The van der Waals surface area contributed by atoms with Gasteiger partial charge in [-0.05, 0) is 29.8 Å². The lowest BCUT2D eigenvalue weighted by molar-refractivity contribution is -0.596. The highest BCUT2D eigenvalue weighted by Gasteiger charge is 2.20. The quantitative estimate of drug-likeness (QED) is 0.408. The first-order valence-corrected chi connectivity index (χ1v) is 7.34. The van der Waals surface area contributed by atoms with E-state index in [-0.39, 0.29) is 0 Å². The van der Waals surface area contributed by atoms with Gasteiger partial charge >= 0.3 is 7.25 Å². The molecule has 0 saturated carbocycles. The largest absolute Gasteiger partial charge is 0.673 e. The summed E-state index contributed by atoms with van der Waals surface area (Å²) in [5.41, 5.74) is 2.29. The zero-order valence-corrected chi connectivity index (χ0v) is 13.4. The van der Waals surface area contributed by atoms with Gasteiger partial charge in [-0.3, -0.25) is 0 Å². The number of rotatable bonds is 4. The van der Waals surface area contributed by atoms with Crippen molar-refractivity contribution in [3.8, 4) is 11.4 Å². The van der Waals surface area contributed by atoms with E-state index in [4.69, 9.17) is 4.74 Å². The SMILES string of the molecule is COc1ccc(-[n+]2cnn(Cc3ccccc3)c2)cc1.F[B-](F)(F)F. The van der Waals surface area contributed by atoms with Gasteiger partial charge in [0.15, 0.2) is 0 Å². The maximum Gasteiger partial charge on any atom is 0.673 e. The van der Waals surface area contributed by atoms with E-state index in [1.54, 1.807) is 7.11 Å². The van der Waals surface area contributed by atoms with Gasteiger partial charge in [0.2, 0.25) is 6.33 Å². The van der Waals surface area contributed by atoms with Crippen LogP contribution in [-0.2, 0) is 6.54 Å². The molecule has 0 fully saturated rings. The number of aromatic nitrogens is 3. The van der Waals surface area contributed by atoms with E-state index in [1.165, 1.54) is 5.56 Å². The van der Waals surface area contributed by atoms with Gasteiger partial charge in [0.1, 0.15) is 18.0 Å². The van der Waals surface area contributed by atoms with Gasteiger partial charge in [0.05, 0.1) is 7.11 Å². The molecule has 2 aromatic carbocycles. The molecule has 0 atom stereocenters. The predicted octanol–water partition coefficient (Wildman–Crippen LogP) is 3.52. The van der Waals surface area contributed by atoms with Crippen molar-refractivity contribution in [3.63, 3.8) is 0 Å². The molecule has 1 heterocycles. The van der Waals surface area contributed by atoms with Crippen molar-refractivity contribution in [2.75, 3.05) is 7.11 Å². The lowest BCUT2D eigenvalue weighted by atomic mass is 10.2. The van der Waals surface area contributed by atoms with E-state index in [9.17, 15) is 17.3 Å². The molecular formula is C16H16BF4N3O. The highest BCUT2D eigenvalue weighted by molar-refractivity contribution is 6.50. The van der Waals surface area contributed by atoms with Crippen LogP contribution in [0.1, 0.15) is 5.56 Å². The summed E-state index contributed by atoms with van der Waals surface area (Å²) in [4.78, 5) is 0. The number of hydrogen-bond donors (Lipinski definition) is 0. The molecule has 4 nitrogen and oxygen atoms in total. The van der Waals surface area contributed by atoms with E-state index in [2.05, 4.69) is 17.2 Å². The Hall–Kier alpha value is -2.84. The molecule has 0 unspecified atom stereocenters. The van der Waals surface area contributed by atoms with Crippen molar-refractivity contribution in [2.24, 2.45) is 0 Å². The van der Waals surface area contributed by atoms with E-state index < -0.39 is 7.25 Å². The Morgan fingerprint density at radius 2 is 1.60 bits per heavy atom. The van der Waals surface area contributed by atoms with Gasteiger partial charge in [-0.1, -0.05) is 30.3 Å². The second kappa shape index (κ2) is 8.32. The molecule has 3 rings (SSSR count). The second-order valence-electron chi connectivity index (χ2n) is 5.03. The first-order valence-electron chi connectivity index (χ1n) is 7.34. The molecule has 0 spiro atoms. The van der Waals surface area contributed by atoms with E-state index in [1.807, 2.05) is 64.4 Å². The molecule has 3 aromatic rings. The van der Waals surface area contributed by atoms with Gasteiger partial charge in [-0.15, -0.1) is 4.68 Å². The van der Waals surface area contributed by atoms with Crippen LogP contribution in [0.15, 0.2) is 67.3 Å². The zero-order chi connectivity index (χ0) is 18.3. The summed E-state index contributed by atoms with van der Waals surface area (Å²) in [5, 5.41) is 4.38. The first-order chi connectivity index (χ1) is 11.8. The van der Waals surface area contributed by atoms with Crippen LogP contribution in [-0.4, -0.2) is 24.1 Å². The lowest BCUT2D eigenvalue weighted by Gasteiger charge is -1.99. The Morgan fingerprint density at radius 3 is 2.16 bits per heavy atom. The highest BCUT2D eigenvalue weighted by Crippen LogP contribution is 2.11. The monoisotopic (exact) mass is 353 g/mol. The minimum Gasteiger partial charge on any atom is -0.497 e. The summed E-state index contributed by atoms with van der Waals surface area (Å²) in [5.74, 6) is 0.853. The van der Waals surface area contributed by atoms with E-state index in [0.717, 1.165) is 18.0 Å². The van der Waals surface area contributed by atoms with Gasteiger partial charge < -0.3 is 22.0 Å². The van der Waals surface area contributed by atoms with Crippen LogP contribution in [0, 0.1) is 0 Å². The summed E-state index contributed by atoms with van der Waals surface area (Å²) in [6.07, 6.45) is 3.79. The van der Waals surface area contributed by atoms with Gasteiger partial charge in [-0.25, -0.2) is 4.57 Å². The summed E-state index contributed by atoms with van der Waals surface area (Å²) in [6.45, 7) is 0.768. The topological polar surface area (TPSA) is 30.9 Å². The fraction of sp³-hybridized carbons (Fsp3) is 0.125. The summed E-state index contributed by atoms with van der Waals surface area (Å²) in [7, 11) is -4.33. The average Bonchev–Trinajstić information content (AvgIpc) is 3.03. The van der Waals surface area contributed by atoms with E-state index in [0.29, 0.717) is 0 Å². The zero-order valence-electron chi connectivity index (χ0n) is 13.4. The Bertz CT molecular complexity index is 770. The van der Waals surface area contributed by atoms with Gasteiger partial charge in [-0.2, -0.15) is 0 Å². The third kappa shape index (κ3) is 6.66. The van der Waals surface area contributed by atoms with Crippen LogP contribution >= 0.6 is 0 Å². The molecule has 0 aliphatic heterocycles. The second-order valence-corrected chi connectivity index (χ2v) is 5.03. The Morgan fingerprint density at radius 1 is 1.00 bits per heavy atom. The van der Waals surface area contributed by atoms with Crippen LogP contribution in [0.25, 0.3) is 5.69 Å². The maximum atomic E-state index is 9.75. The van der Waals surface area contributed by atoms with Crippen LogP contribution in [0.5, 0.6) is 5.75 Å². The highest BCUT2D eigenvalue weighted by atomic mass is 19.5. The number of benzene rings is 2. The molecule has 0 saturated heterocycles. The van der Waals surface area contributed by atoms with Crippen molar-refractivity contribution in [1.82, 2.24) is 9.78 Å². The van der Waals surface area contributed by atoms with Crippen LogP contribution in [0.4, 0.5) is 17.3 Å². The van der Waals surface area contributed by atoms with Gasteiger partial charge in [0.25, 0.3) is 6.33 Å². The summed E-state index contributed by atoms with van der Waals surface area (Å²) >= 11 is 0. The Balaban J connectivity index is 0.000000399. The van der Waals surface area contributed by atoms with Crippen LogP contribution < -0.4 is 9.30 Å². The molecule has 9 heteroatoms. The van der Waals surface area contributed by atoms with Crippen LogP contribution in [0.2, 0.25) is 0 Å². The summed E-state index contributed by atoms with van der Waals surface area (Å²) in [6, 6.07) is 18.2. The smallest absolute Gasteiger partial charge is 0.497 e. The lowest BCUT2D eigenvalue weighted by Crippen LogP contribution is -2.27. The minimum atomic E-state index is -6.00. The fourth-order valence-corrected chi connectivity index (χ4v) is 2.07. The number of ether oxygens (including phenoxy) is 1. The van der Waals surface area contributed by atoms with Crippen molar-refractivity contribution < 1.29 is 26.6 Å². The van der Waals surface area contributed by atoms with Crippen molar-refractivity contribution in [3.05, 3.63) is 72.8 Å². The average molecular weight is 353 g/mol. The molecule has 0 aliphatic carbocycles. The third-order valence-electron chi connectivity index (χ3n) is 3.14. The molecule has 0 N–H and O–H groups in total. The Kier molecular flexibility index (Phi) is 6.16. The first kappa shape index (κ1) is 18.5.